The van der Waals surface area contributed by atoms with Crippen LogP contribution in [-0.4, -0.2) is 67.8 Å². The number of carbonyl (C=O) groups is 1. The molecule has 0 aliphatic carbocycles. The van der Waals surface area contributed by atoms with Crippen LogP contribution in [0.1, 0.15) is 61.0 Å². The SMILES string of the molecule is COc1ccc(S(=O)(=O)N(CC(C)C)C[C@@H](O)[C@@H]2Cc3ccc(cc3)OCCCCCCc3c(O)cccc3C(=O)N2)cc1. The Kier molecular flexibility index (Phi) is 11.7. The molecule has 2 atom stereocenters. The van der Waals surface area contributed by atoms with Crippen LogP contribution in [0.5, 0.6) is 17.2 Å². The van der Waals surface area contributed by atoms with Gasteiger partial charge in [-0.25, -0.2) is 8.42 Å². The molecule has 1 amide bonds. The van der Waals surface area contributed by atoms with Gasteiger partial charge in [-0.3, -0.25) is 4.79 Å². The molecule has 0 radical (unpaired) electrons. The van der Waals surface area contributed by atoms with Crippen molar-refractivity contribution in [2.24, 2.45) is 5.92 Å². The van der Waals surface area contributed by atoms with Crippen molar-refractivity contribution in [3.8, 4) is 17.2 Å². The number of nitrogens with zero attached hydrogens (tertiary/aromatic N) is 1. The van der Waals surface area contributed by atoms with Crippen LogP contribution >= 0.6 is 0 Å². The zero-order chi connectivity index (χ0) is 31.7. The standard InChI is InChI=1S/C34H44N2O7S/c1-24(2)22-36(44(40,41)28-18-16-26(42-3)17-19-28)23-33(38)31-21-25-12-14-27(15-13-25)43-20-7-5-4-6-9-29-30(34(39)35-31)10-8-11-32(29)37/h8,10-19,24,31,33,37-38H,4-7,9,20-23H2,1-3H3,(H,35,39)/t31-,33+/m0/s1. The molecule has 0 aromatic heterocycles. The van der Waals surface area contributed by atoms with E-state index >= 15 is 0 Å². The van der Waals surface area contributed by atoms with Gasteiger partial charge in [0.15, 0.2) is 0 Å². The number of aliphatic hydroxyl groups is 1. The first-order valence-electron chi connectivity index (χ1n) is 15.2. The fraction of sp³-hybridized carbons (Fsp3) is 0.441. The average molecular weight is 625 g/mol. The van der Waals surface area contributed by atoms with Crippen LogP contribution in [-0.2, 0) is 22.9 Å². The van der Waals surface area contributed by atoms with Gasteiger partial charge in [0.2, 0.25) is 10.0 Å². The summed E-state index contributed by atoms with van der Waals surface area (Å²) in [6, 6.07) is 17.7. The fourth-order valence-electron chi connectivity index (χ4n) is 5.41. The Labute approximate surface area is 260 Å². The zero-order valence-corrected chi connectivity index (χ0v) is 26.6. The van der Waals surface area contributed by atoms with Crippen molar-refractivity contribution in [3.63, 3.8) is 0 Å². The van der Waals surface area contributed by atoms with Crippen molar-refractivity contribution in [1.82, 2.24) is 9.62 Å². The van der Waals surface area contributed by atoms with Gasteiger partial charge < -0.3 is 25.0 Å². The number of nitrogens with one attached hydrogen (secondary N) is 1. The first-order chi connectivity index (χ1) is 21.1. The van der Waals surface area contributed by atoms with Gasteiger partial charge in [-0.05, 0) is 85.7 Å². The molecule has 0 unspecified atom stereocenters. The first-order valence-corrected chi connectivity index (χ1v) is 16.7. The van der Waals surface area contributed by atoms with Gasteiger partial charge in [-0.1, -0.05) is 44.9 Å². The maximum Gasteiger partial charge on any atom is 0.252 e. The molecule has 3 aromatic rings. The predicted octanol–water partition coefficient (Wildman–Crippen LogP) is 4.95. The lowest BCUT2D eigenvalue weighted by atomic mass is 9.97. The molecule has 5 rings (SSSR count). The van der Waals surface area contributed by atoms with E-state index in [-0.39, 0.29) is 36.1 Å². The second kappa shape index (κ2) is 15.4. The number of hydrogen-bond donors (Lipinski definition) is 3. The number of amides is 1. The molecule has 2 aliphatic heterocycles. The van der Waals surface area contributed by atoms with Crippen LogP contribution in [0.4, 0.5) is 0 Å². The van der Waals surface area contributed by atoms with E-state index in [1.54, 1.807) is 30.3 Å². The van der Waals surface area contributed by atoms with Crippen molar-refractivity contribution in [1.29, 1.82) is 0 Å². The van der Waals surface area contributed by atoms with Crippen molar-refractivity contribution in [2.45, 2.75) is 69.4 Å². The summed E-state index contributed by atoms with van der Waals surface area (Å²) in [5.41, 5.74) is 1.75. The van der Waals surface area contributed by atoms with Gasteiger partial charge >= 0.3 is 0 Å². The highest BCUT2D eigenvalue weighted by atomic mass is 32.2. The van der Waals surface area contributed by atoms with Gasteiger partial charge in [-0.15, -0.1) is 0 Å². The largest absolute Gasteiger partial charge is 0.508 e. The highest BCUT2D eigenvalue weighted by molar-refractivity contribution is 7.89. The minimum absolute atomic E-state index is 0.0201. The minimum atomic E-state index is -3.98. The number of aromatic hydroxyl groups is 1. The zero-order valence-electron chi connectivity index (χ0n) is 25.7. The maximum atomic E-state index is 13.8. The first kappa shape index (κ1) is 33.3. The number of ether oxygens (including phenoxy) is 2. The third-order valence-corrected chi connectivity index (χ3v) is 9.65. The molecule has 10 heteroatoms. The summed E-state index contributed by atoms with van der Waals surface area (Å²) < 4.78 is 39.9. The number of carbonyl (C=O) groups excluding carboxylic acids is 1. The van der Waals surface area contributed by atoms with Crippen molar-refractivity contribution in [3.05, 3.63) is 83.4 Å². The number of fused-ring (bicyclic) bond motifs is 11. The van der Waals surface area contributed by atoms with E-state index in [0.29, 0.717) is 29.9 Å². The average Bonchev–Trinajstić information content (AvgIpc) is 3.00. The lowest BCUT2D eigenvalue weighted by molar-refractivity contribution is 0.0774. The number of phenols is 1. The molecule has 3 aromatic carbocycles. The summed E-state index contributed by atoms with van der Waals surface area (Å²) in [5.74, 6) is 0.877. The Balaban J connectivity index is 1.66. The van der Waals surface area contributed by atoms with Crippen molar-refractivity contribution < 1.29 is 32.9 Å². The molecule has 2 bridgehead atoms. The van der Waals surface area contributed by atoms with Crippen LogP contribution in [0.3, 0.4) is 0 Å². The third kappa shape index (κ3) is 8.74. The summed E-state index contributed by atoms with van der Waals surface area (Å²) in [6.07, 6.45) is 3.12. The minimum Gasteiger partial charge on any atom is -0.508 e. The van der Waals surface area contributed by atoms with Gasteiger partial charge in [0, 0.05) is 24.2 Å². The van der Waals surface area contributed by atoms with Crippen LogP contribution in [0, 0.1) is 5.92 Å². The van der Waals surface area contributed by atoms with Crippen LogP contribution < -0.4 is 14.8 Å². The molecule has 0 fully saturated rings. The molecular weight excluding hydrogens is 580 g/mol. The Morgan fingerprint density at radius 3 is 2.36 bits per heavy atom. The van der Waals surface area contributed by atoms with Crippen LogP contribution in [0.25, 0.3) is 0 Å². The third-order valence-electron chi connectivity index (χ3n) is 7.80. The molecule has 3 N–H and O–H groups in total. The second-order valence-corrected chi connectivity index (χ2v) is 13.6. The molecule has 2 aliphatic rings. The number of sulfonamides is 1. The van der Waals surface area contributed by atoms with E-state index in [1.165, 1.54) is 23.5 Å². The summed E-state index contributed by atoms with van der Waals surface area (Å²) in [7, 11) is -2.47. The quantitative estimate of drug-likeness (QED) is 0.324. The maximum absolute atomic E-state index is 13.8. The van der Waals surface area contributed by atoms with E-state index < -0.39 is 28.1 Å². The van der Waals surface area contributed by atoms with E-state index in [0.717, 1.165) is 37.0 Å². The highest BCUT2D eigenvalue weighted by Gasteiger charge is 2.32. The summed E-state index contributed by atoms with van der Waals surface area (Å²) in [6.45, 7) is 4.36. The molecule has 0 spiro atoms. The fourth-order valence-corrected chi connectivity index (χ4v) is 7.03. The van der Waals surface area contributed by atoms with Crippen molar-refractivity contribution in [2.75, 3.05) is 26.8 Å². The smallest absolute Gasteiger partial charge is 0.252 e. The highest BCUT2D eigenvalue weighted by Crippen LogP contribution is 2.26. The Hall–Kier alpha value is -3.60. The number of aliphatic hydroxyl groups excluding tert-OH is 1. The van der Waals surface area contributed by atoms with Gasteiger partial charge in [-0.2, -0.15) is 4.31 Å². The van der Waals surface area contributed by atoms with Crippen LogP contribution in [0.15, 0.2) is 71.6 Å². The normalized spacial score (nSPS) is 17.4. The van der Waals surface area contributed by atoms with Gasteiger partial charge in [0.1, 0.15) is 17.2 Å². The van der Waals surface area contributed by atoms with E-state index in [2.05, 4.69) is 5.32 Å². The predicted molar refractivity (Wildman–Crippen MR) is 170 cm³/mol. The molecule has 0 saturated heterocycles. The number of phenolic OH excluding ortho intramolecular Hbond substituents is 1. The Morgan fingerprint density at radius 1 is 0.977 bits per heavy atom. The van der Waals surface area contributed by atoms with Crippen molar-refractivity contribution >= 4 is 15.9 Å². The molecule has 2 heterocycles. The molecule has 0 saturated carbocycles. The molecule has 9 nitrogen and oxygen atoms in total. The lowest BCUT2D eigenvalue weighted by Gasteiger charge is -2.31. The topological polar surface area (TPSA) is 125 Å². The molecule has 238 valence electrons. The number of hydrogen-bond acceptors (Lipinski definition) is 7. The van der Waals surface area contributed by atoms with Gasteiger partial charge in [0.05, 0.1) is 30.8 Å². The lowest BCUT2D eigenvalue weighted by Crippen LogP contribution is -2.51. The summed E-state index contributed by atoms with van der Waals surface area (Å²) >= 11 is 0. The molecule has 44 heavy (non-hydrogen) atoms. The number of methoxy groups -OCH3 is 1. The van der Waals surface area contributed by atoms with E-state index in [9.17, 15) is 23.4 Å². The number of rotatable bonds is 8. The Bertz CT molecular complexity index is 1470. The molecular formula is C34H44N2O7S. The van der Waals surface area contributed by atoms with Crippen LogP contribution in [0.2, 0.25) is 0 Å². The second-order valence-electron chi connectivity index (χ2n) is 11.7. The summed E-state index contributed by atoms with van der Waals surface area (Å²) in [5, 5.41) is 25.3. The monoisotopic (exact) mass is 624 g/mol. The number of benzene rings is 3. The van der Waals surface area contributed by atoms with Gasteiger partial charge in [0.25, 0.3) is 5.91 Å². The van der Waals surface area contributed by atoms with E-state index in [4.69, 9.17) is 9.47 Å². The Morgan fingerprint density at radius 2 is 1.68 bits per heavy atom. The van der Waals surface area contributed by atoms with E-state index in [1.807, 2.05) is 38.1 Å². The summed E-state index contributed by atoms with van der Waals surface area (Å²) in [4.78, 5) is 13.8.